The molecule has 0 saturated heterocycles. The van der Waals surface area contributed by atoms with Crippen LogP contribution in [0.25, 0.3) is 0 Å². The predicted octanol–water partition coefficient (Wildman–Crippen LogP) is 3.03. The lowest BCUT2D eigenvalue weighted by molar-refractivity contribution is -0.320. The molecule has 0 aliphatic heterocycles. The Labute approximate surface area is 62.2 Å². The maximum atomic E-state index is 11.2. The van der Waals surface area contributed by atoms with Gasteiger partial charge in [0.1, 0.15) is 0 Å². The smallest absolute Gasteiger partial charge is 0.255 e. The predicted molar refractivity (Wildman–Crippen MR) is 24.0 cm³/mol. The zero-order valence-corrected chi connectivity index (χ0v) is 5.60. The van der Waals surface area contributed by atoms with Crippen molar-refractivity contribution in [1.82, 2.24) is 0 Å². The lowest BCUT2D eigenvalue weighted by Gasteiger charge is -2.17. The molecular weight excluding hydrogens is 200 g/mol. The van der Waals surface area contributed by atoms with Crippen molar-refractivity contribution in [3.8, 4) is 0 Å². The number of rotatable bonds is 1. The van der Waals surface area contributed by atoms with Gasteiger partial charge in [-0.1, -0.05) is 0 Å². The number of hydrogen-bond acceptors (Lipinski definition) is 0. The summed E-state index contributed by atoms with van der Waals surface area (Å²) >= 11 is 0. The van der Waals surface area contributed by atoms with Crippen molar-refractivity contribution in [3.63, 3.8) is 0 Å². The molecule has 76 valence electrons. The van der Waals surface area contributed by atoms with Crippen LogP contribution in [0.2, 0.25) is 0 Å². The highest BCUT2D eigenvalue weighted by molar-refractivity contribution is 4.77. The molecule has 8 heteroatoms. The molecular formula is C4H4F8. The van der Waals surface area contributed by atoms with E-state index >= 15 is 0 Å². The van der Waals surface area contributed by atoms with E-state index in [2.05, 4.69) is 0 Å². The standard InChI is InChI=1S/C3HF7.CH3F/c4-1(5)2(6,7)3(8,9)10;1-2/h1H;1H3. The van der Waals surface area contributed by atoms with Crippen LogP contribution < -0.4 is 0 Å². The Bertz CT molecular complexity index is 113. The van der Waals surface area contributed by atoms with Crippen molar-refractivity contribution < 1.29 is 35.1 Å². The second-order valence-electron chi connectivity index (χ2n) is 1.42. The fraction of sp³-hybridized carbons (Fsp3) is 1.00. The zero-order valence-electron chi connectivity index (χ0n) is 5.60. The minimum atomic E-state index is -6.17. The largest absolute Gasteiger partial charge is 0.459 e. The molecule has 0 aliphatic carbocycles. The van der Waals surface area contributed by atoms with Crippen LogP contribution in [0.5, 0.6) is 0 Å². The van der Waals surface area contributed by atoms with E-state index in [0.717, 1.165) is 0 Å². The number of alkyl halides is 8. The van der Waals surface area contributed by atoms with E-state index in [1.165, 1.54) is 0 Å². The summed E-state index contributed by atoms with van der Waals surface area (Å²) in [5.74, 6) is -5.90. The summed E-state index contributed by atoms with van der Waals surface area (Å²) in [4.78, 5) is 0. The Kier molecular flexibility index (Phi) is 5.20. The average Bonchev–Trinajstić information content (AvgIpc) is 1.89. The van der Waals surface area contributed by atoms with Crippen LogP contribution in [0.1, 0.15) is 0 Å². The molecule has 0 fully saturated rings. The third-order valence-electron chi connectivity index (χ3n) is 0.652. The highest BCUT2D eigenvalue weighted by Gasteiger charge is 2.64. The fourth-order valence-electron chi connectivity index (χ4n) is 0.124. The maximum absolute atomic E-state index is 11.2. The van der Waals surface area contributed by atoms with Gasteiger partial charge >= 0.3 is 18.5 Å². The summed E-state index contributed by atoms with van der Waals surface area (Å²) in [5, 5.41) is 0. The Morgan fingerprint density at radius 2 is 1.08 bits per heavy atom. The van der Waals surface area contributed by atoms with E-state index in [0.29, 0.717) is 7.18 Å². The van der Waals surface area contributed by atoms with Crippen molar-refractivity contribution in [3.05, 3.63) is 0 Å². The first-order valence-electron chi connectivity index (χ1n) is 2.30. The first-order chi connectivity index (χ1) is 5.19. The highest BCUT2D eigenvalue weighted by atomic mass is 19.4. The molecule has 0 bridgehead atoms. The van der Waals surface area contributed by atoms with Crippen molar-refractivity contribution in [2.75, 3.05) is 7.18 Å². The maximum Gasteiger partial charge on any atom is 0.459 e. The summed E-state index contributed by atoms with van der Waals surface area (Å²) in [6, 6.07) is 0. The summed E-state index contributed by atoms with van der Waals surface area (Å²) < 4.78 is 86.1. The van der Waals surface area contributed by atoms with Crippen LogP contribution in [0, 0.1) is 0 Å². The van der Waals surface area contributed by atoms with E-state index in [1.54, 1.807) is 0 Å². The van der Waals surface area contributed by atoms with Crippen molar-refractivity contribution >= 4 is 0 Å². The average molecular weight is 204 g/mol. The molecule has 0 unspecified atom stereocenters. The van der Waals surface area contributed by atoms with Gasteiger partial charge in [-0.05, 0) is 0 Å². The van der Waals surface area contributed by atoms with Gasteiger partial charge in [0.05, 0.1) is 7.18 Å². The molecule has 0 spiro atoms. The van der Waals surface area contributed by atoms with E-state index < -0.39 is 18.5 Å². The molecule has 0 aromatic heterocycles. The monoisotopic (exact) mass is 204 g/mol. The van der Waals surface area contributed by atoms with E-state index in [9.17, 15) is 35.1 Å². The molecule has 0 radical (unpaired) electrons. The van der Waals surface area contributed by atoms with Crippen LogP contribution in [0.15, 0.2) is 0 Å². The fourth-order valence-corrected chi connectivity index (χ4v) is 0.124. The lowest BCUT2D eigenvalue weighted by atomic mass is 10.3. The highest BCUT2D eigenvalue weighted by Crippen LogP contribution is 2.39. The van der Waals surface area contributed by atoms with Crippen molar-refractivity contribution in [1.29, 1.82) is 0 Å². The Balaban J connectivity index is 0. The van der Waals surface area contributed by atoms with Crippen LogP contribution in [0.4, 0.5) is 35.1 Å². The molecule has 0 aromatic rings. The van der Waals surface area contributed by atoms with Gasteiger partial charge in [0.25, 0.3) is 0 Å². The molecule has 0 amide bonds. The van der Waals surface area contributed by atoms with Gasteiger partial charge in [-0.25, -0.2) is 8.78 Å². The molecule has 0 N–H and O–H groups in total. The van der Waals surface area contributed by atoms with Gasteiger partial charge in [-0.3, -0.25) is 4.39 Å². The van der Waals surface area contributed by atoms with E-state index in [4.69, 9.17) is 0 Å². The first-order valence-corrected chi connectivity index (χ1v) is 2.30. The summed E-state index contributed by atoms with van der Waals surface area (Å²) in [6.45, 7) is 0. The molecule has 0 saturated carbocycles. The first kappa shape index (κ1) is 14.0. The van der Waals surface area contributed by atoms with Crippen LogP contribution >= 0.6 is 0 Å². The summed E-state index contributed by atoms with van der Waals surface area (Å²) in [6.07, 6.45) is -10.9. The Morgan fingerprint density at radius 3 is 1.08 bits per heavy atom. The van der Waals surface area contributed by atoms with Gasteiger partial charge < -0.3 is 0 Å². The van der Waals surface area contributed by atoms with Crippen LogP contribution in [-0.4, -0.2) is 25.7 Å². The van der Waals surface area contributed by atoms with E-state index in [1.807, 2.05) is 0 Å². The second-order valence-corrected chi connectivity index (χ2v) is 1.42. The van der Waals surface area contributed by atoms with Crippen LogP contribution in [-0.2, 0) is 0 Å². The molecule has 0 heterocycles. The van der Waals surface area contributed by atoms with Crippen molar-refractivity contribution in [2.24, 2.45) is 0 Å². The molecule has 0 rings (SSSR count). The van der Waals surface area contributed by atoms with Gasteiger partial charge in [0.2, 0.25) is 0 Å². The lowest BCUT2D eigenvalue weighted by Crippen LogP contribution is -2.42. The molecule has 0 nitrogen and oxygen atoms in total. The molecule has 0 aliphatic rings. The Hall–Kier alpha value is -0.560. The third-order valence-corrected chi connectivity index (χ3v) is 0.652. The summed E-state index contributed by atoms with van der Waals surface area (Å²) in [7, 11) is 0.500. The quantitative estimate of drug-likeness (QED) is 0.576. The zero-order chi connectivity index (χ0) is 10.6. The van der Waals surface area contributed by atoms with Crippen molar-refractivity contribution in [2.45, 2.75) is 18.5 Å². The SMILES string of the molecule is CF.FC(F)C(F)(F)C(F)(F)F. The topological polar surface area (TPSA) is 0 Å². The second kappa shape index (κ2) is 4.46. The van der Waals surface area contributed by atoms with Gasteiger partial charge in [-0.15, -0.1) is 0 Å². The number of hydrogen-bond donors (Lipinski definition) is 0. The van der Waals surface area contributed by atoms with Gasteiger partial charge in [0.15, 0.2) is 0 Å². The third kappa shape index (κ3) is 3.22. The van der Waals surface area contributed by atoms with E-state index in [-0.39, 0.29) is 0 Å². The minimum Gasteiger partial charge on any atom is -0.255 e. The van der Waals surface area contributed by atoms with Gasteiger partial charge in [0, 0.05) is 0 Å². The Morgan fingerprint density at radius 1 is 0.833 bits per heavy atom. The number of halogens is 8. The summed E-state index contributed by atoms with van der Waals surface area (Å²) in [5.41, 5.74) is 0. The van der Waals surface area contributed by atoms with Crippen LogP contribution in [0.3, 0.4) is 0 Å². The molecule has 0 aromatic carbocycles. The normalized spacial score (nSPS) is 12.5. The minimum absolute atomic E-state index is 0.500. The molecule has 12 heavy (non-hydrogen) atoms. The van der Waals surface area contributed by atoms with Gasteiger partial charge in [-0.2, -0.15) is 22.0 Å². The molecule has 0 atom stereocenters.